The summed E-state index contributed by atoms with van der Waals surface area (Å²) in [7, 11) is 0. The van der Waals surface area contributed by atoms with Gasteiger partial charge in [0.2, 0.25) is 5.91 Å². The maximum atomic E-state index is 12.6. The van der Waals surface area contributed by atoms with E-state index in [1.54, 1.807) is 0 Å². The molecule has 4 heteroatoms. The molecule has 1 N–H and O–H groups in total. The minimum absolute atomic E-state index is 0.0260. The van der Waals surface area contributed by atoms with Crippen molar-refractivity contribution in [2.24, 2.45) is 5.92 Å². The Morgan fingerprint density at radius 1 is 1.44 bits per heavy atom. The first-order valence-electron chi connectivity index (χ1n) is 7.21. The number of amides is 1. The average Bonchev–Trinajstić information content (AvgIpc) is 2.91. The molecule has 2 aliphatic rings. The number of thioether (sulfide) groups is 1. The molecule has 2 fully saturated rings. The van der Waals surface area contributed by atoms with Gasteiger partial charge in [-0.15, -0.1) is 0 Å². The van der Waals surface area contributed by atoms with E-state index in [2.05, 4.69) is 37.2 Å². The van der Waals surface area contributed by atoms with Crippen molar-refractivity contribution < 1.29 is 4.79 Å². The fourth-order valence-corrected chi connectivity index (χ4v) is 4.34. The van der Waals surface area contributed by atoms with Crippen molar-refractivity contribution in [3.8, 4) is 0 Å². The molecule has 0 spiro atoms. The maximum Gasteiger partial charge on any atom is 0.241 e. The number of nitrogens with zero attached hydrogens (tertiary/aromatic N) is 1. The van der Waals surface area contributed by atoms with Gasteiger partial charge >= 0.3 is 0 Å². The third kappa shape index (κ3) is 2.42. The molecule has 4 atom stereocenters. The second kappa shape index (κ2) is 5.83. The van der Waals surface area contributed by atoms with Crippen molar-refractivity contribution in [3.05, 3.63) is 0 Å². The van der Waals surface area contributed by atoms with Gasteiger partial charge in [-0.25, -0.2) is 0 Å². The van der Waals surface area contributed by atoms with Crippen LogP contribution in [0.15, 0.2) is 0 Å². The SMILES string of the molecule is CCC1NC(C(C)C)C(=O)N1C1CCCC1SC. The van der Waals surface area contributed by atoms with Crippen LogP contribution in [0.25, 0.3) is 0 Å². The molecule has 18 heavy (non-hydrogen) atoms. The van der Waals surface area contributed by atoms with Crippen LogP contribution in [0.4, 0.5) is 0 Å². The highest BCUT2D eigenvalue weighted by molar-refractivity contribution is 7.99. The summed E-state index contributed by atoms with van der Waals surface area (Å²) in [6, 6.07) is 0.478. The molecule has 0 aromatic heterocycles. The van der Waals surface area contributed by atoms with Crippen LogP contribution in [0.2, 0.25) is 0 Å². The Hall–Kier alpha value is -0.220. The van der Waals surface area contributed by atoms with Crippen LogP contribution in [0.5, 0.6) is 0 Å². The Balaban J connectivity index is 2.17. The van der Waals surface area contributed by atoms with Gasteiger partial charge in [-0.1, -0.05) is 27.2 Å². The molecule has 1 saturated carbocycles. The van der Waals surface area contributed by atoms with Gasteiger partial charge in [0.25, 0.3) is 0 Å². The molecule has 3 nitrogen and oxygen atoms in total. The zero-order chi connectivity index (χ0) is 13.3. The largest absolute Gasteiger partial charge is 0.322 e. The minimum Gasteiger partial charge on any atom is -0.322 e. The first kappa shape index (κ1) is 14.2. The van der Waals surface area contributed by atoms with Gasteiger partial charge in [-0.2, -0.15) is 11.8 Å². The highest BCUT2D eigenvalue weighted by Gasteiger charge is 2.45. The monoisotopic (exact) mass is 270 g/mol. The number of nitrogens with one attached hydrogen (secondary N) is 1. The van der Waals surface area contributed by atoms with Crippen LogP contribution in [-0.2, 0) is 4.79 Å². The number of hydrogen-bond acceptors (Lipinski definition) is 3. The van der Waals surface area contributed by atoms with E-state index in [4.69, 9.17) is 0 Å². The number of carbonyl (C=O) groups excluding carboxylic acids is 1. The van der Waals surface area contributed by atoms with Gasteiger partial charge in [0.05, 0.1) is 12.2 Å². The molecule has 0 aromatic rings. The van der Waals surface area contributed by atoms with Gasteiger partial charge in [0.15, 0.2) is 0 Å². The summed E-state index contributed by atoms with van der Waals surface area (Å²) in [5, 5.41) is 4.16. The van der Waals surface area contributed by atoms with Gasteiger partial charge in [-0.05, 0) is 31.4 Å². The fourth-order valence-electron chi connectivity index (χ4n) is 3.36. The molecule has 0 radical (unpaired) electrons. The van der Waals surface area contributed by atoms with Gasteiger partial charge in [0, 0.05) is 11.3 Å². The van der Waals surface area contributed by atoms with Crippen LogP contribution in [-0.4, -0.2) is 40.6 Å². The summed E-state index contributed by atoms with van der Waals surface area (Å²) in [6.07, 6.45) is 7.15. The van der Waals surface area contributed by atoms with E-state index in [9.17, 15) is 4.79 Å². The molecule has 1 heterocycles. The second-order valence-corrected chi connectivity index (χ2v) is 6.91. The van der Waals surface area contributed by atoms with Crippen LogP contribution in [0.3, 0.4) is 0 Å². The first-order chi connectivity index (χ1) is 8.60. The maximum absolute atomic E-state index is 12.6. The summed E-state index contributed by atoms with van der Waals surface area (Å²) in [6.45, 7) is 6.43. The predicted octanol–water partition coefficient (Wildman–Crippen LogP) is 2.46. The zero-order valence-electron chi connectivity index (χ0n) is 12.0. The molecule has 1 aliphatic carbocycles. The van der Waals surface area contributed by atoms with E-state index in [0.29, 0.717) is 23.1 Å². The van der Waals surface area contributed by atoms with E-state index >= 15 is 0 Å². The Morgan fingerprint density at radius 3 is 2.72 bits per heavy atom. The molecule has 1 aliphatic heterocycles. The lowest BCUT2D eigenvalue weighted by molar-refractivity contribution is -0.132. The number of rotatable bonds is 4. The van der Waals surface area contributed by atoms with Crippen molar-refractivity contribution in [1.29, 1.82) is 0 Å². The smallest absolute Gasteiger partial charge is 0.241 e. The van der Waals surface area contributed by atoms with Crippen molar-refractivity contribution >= 4 is 17.7 Å². The van der Waals surface area contributed by atoms with E-state index in [0.717, 1.165) is 6.42 Å². The summed E-state index contributed by atoms with van der Waals surface area (Å²) in [5.74, 6) is 0.716. The standard InChI is InChI=1S/C14H26N2OS/c1-5-12-15-13(9(2)3)14(17)16(12)10-7-6-8-11(10)18-4/h9-13,15H,5-8H2,1-4H3. The summed E-state index contributed by atoms with van der Waals surface area (Å²) >= 11 is 1.93. The third-order valence-corrected chi connectivity index (χ3v) is 5.51. The molecule has 0 aromatic carbocycles. The zero-order valence-corrected chi connectivity index (χ0v) is 12.8. The molecule has 0 bridgehead atoms. The molecular formula is C14H26N2OS. The van der Waals surface area contributed by atoms with Crippen LogP contribution in [0.1, 0.15) is 46.5 Å². The van der Waals surface area contributed by atoms with E-state index in [1.165, 1.54) is 19.3 Å². The summed E-state index contributed by atoms with van der Waals surface area (Å²) in [5.41, 5.74) is 0. The van der Waals surface area contributed by atoms with Crippen molar-refractivity contribution in [2.45, 2.75) is 70.0 Å². The highest BCUT2D eigenvalue weighted by Crippen LogP contribution is 2.35. The van der Waals surface area contributed by atoms with Gasteiger partial charge in [-0.3, -0.25) is 10.1 Å². The number of hydrogen-bond donors (Lipinski definition) is 1. The molecule has 1 saturated heterocycles. The van der Waals surface area contributed by atoms with Crippen molar-refractivity contribution in [3.63, 3.8) is 0 Å². The molecule has 4 unspecified atom stereocenters. The lowest BCUT2D eigenvalue weighted by Gasteiger charge is -2.33. The quantitative estimate of drug-likeness (QED) is 0.852. The summed E-state index contributed by atoms with van der Waals surface area (Å²) < 4.78 is 0. The molecule has 104 valence electrons. The first-order valence-corrected chi connectivity index (χ1v) is 8.50. The van der Waals surface area contributed by atoms with Crippen LogP contribution >= 0.6 is 11.8 Å². The third-order valence-electron chi connectivity index (χ3n) is 4.36. The molecule has 1 amide bonds. The molecule has 2 rings (SSSR count). The normalized spacial score (nSPS) is 36.9. The van der Waals surface area contributed by atoms with Crippen LogP contribution < -0.4 is 5.32 Å². The Morgan fingerprint density at radius 2 is 2.17 bits per heavy atom. The Kier molecular flexibility index (Phi) is 4.59. The minimum atomic E-state index is 0.0260. The predicted molar refractivity (Wildman–Crippen MR) is 77.6 cm³/mol. The average molecular weight is 270 g/mol. The lowest BCUT2D eigenvalue weighted by Crippen LogP contribution is -2.47. The van der Waals surface area contributed by atoms with Gasteiger partial charge in [0.1, 0.15) is 0 Å². The van der Waals surface area contributed by atoms with Crippen LogP contribution in [0, 0.1) is 5.92 Å². The van der Waals surface area contributed by atoms with Crippen molar-refractivity contribution in [1.82, 2.24) is 10.2 Å². The highest BCUT2D eigenvalue weighted by atomic mass is 32.2. The van der Waals surface area contributed by atoms with E-state index < -0.39 is 0 Å². The van der Waals surface area contributed by atoms with E-state index in [1.807, 2.05) is 11.8 Å². The Bertz CT molecular complexity index is 308. The van der Waals surface area contributed by atoms with E-state index in [-0.39, 0.29) is 12.2 Å². The molecular weight excluding hydrogens is 244 g/mol. The Labute approximate surface area is 115 Å². The summed E-state index contributed by atoms with van der Waals surface area (Å²) in [4.78, 5) is 14.8. The number of carbonyl (C=O) groups is 1. The topological polar surface area (TPSA) is 32.3 Å². The second-order valence-electron chi connectivity index (χ2n) is 5.83. The lowest BCUT2D eigenvalue weighted by atomic mass is 10.0. The fraction of sp³-hybridized carbons (Fsp3) is 0.929. The van der Waals surface area contributed by atoms with Crippen molar-refractivity contribution in [2.75, 3.05) is 6.26 Å². The van der Waals surface area contributed by atoms with Gasteiger partial charge < -0.3 is 4.90 Å².